The smallest absolute Gasteiger partial charge is 0.371 e. The Hall–Kier alpha value is -2.76. The number of anilines is 1. The zero-order valence-corrected chi connectivity index (χ0v) is 11.7. The molecule has 6 nitrogen and oxygen atoms in total. The standard InChI is InChI=1S/C15H15NO5/c1-3-14(17)16-9-4-5-10(13(8-9)20-2)11-6-7-12(21-11)15(18)19/h4-8H,3H2,1-2H3,(H,16,17)(H,18,19). The third-order valence-corrected chi connectivity index (χ3v) is 2.89. The fourth-order valence-corrected chi connectivity index (χ4v) is 1.82. The number of carboxylic acid groups (broad SMARTS) is 1. The third-order valence-electron chi connectivity index (χ3n) is 2.89. The average Bonchev–Trinajstić information content (AvgIpc) is 2.96. The van der Waals surface area contributed by atoms with E-state index in [9.17, 15) is 9.59 Å². The van der Waals surface area contributed by atoms with Crippen LogP contribution in [-0.2, 0) is 4.79 Å². The first kappa shape index (κ1) is 14.6. The van der Waals surface area contributed by atoms with Crippen molar-refractivity contribution in [1.29, 1.82) is 0 Å². The third kappa shape index (κ3) is 3.22. The highest BCUT2D eigenvalue weighted by Crippen LogP contribution is 2.33. The summed E-state index contributed by atoms with van der Waals surface area (Å²) < 4.78 is 10.5. The minimum Gasteiger partial charge on any atom is -0.496 e. The molecule has 2 aromatic rings. The van der Waals surface area contributed by atoms with Crippen LogP contribution in [0.1, 0.15) is 23.9 Å². The van der Waals surface area contributed by atoms with E-state index in [4.69, 9.17) is 14.3 Å². The Morgan fingerprint density at radius 2 is 2.05 bits per heavy atom. The molecule has 0 fully saturated rings. The summed E-state index contributed by atoms with van der Waals surface area (Å²) in [6, 6.07) is 8.00. The summed E-state index contributed by atoms with van der Waals surface area (Å²) in [5.41, 5.74) is 1.21. The molecule has 1 aromatic carbocycles. The van der Waals surface area contributed by atoms with Crippen molar-refractivity contribution in [2.45, 2.75) is 13.3 Å². The van der Waals surface area contributed by atoms with E-state index in [1.54, 1.807) is 31.2 Å². The van der Waals surface area contributed by atoms with Gasteiger partial charge in [0.2, 0.25) is 11.7 Å². The van der Waals surface area contributed by atoms with Crippen LogP contribution in [-0.4, -0.2) is 24.1 Å². The van der Waals surface area contributed by atoms with Crippen molar-refractivity contribution in [1.82, 2.24) is 0 Å². The van der Waals surface area contributed by atoms with Crippen molar-refractivity contribution in [2.75, 3.05) is 12.4 Å². The molecule has 1 heterocycles. The van der Waals surface area contributed by atoms with Gasteiger partial charge in [-0.3, -0.25) is 4.79 Å². The molecule has 0 spiro atoms. The summed E-state index contributed by atoms with van der Waals surface area (Å²) in [6.07, 6.45) is 0.379. The molecule has 0 aliphatic carbocycles. The van der Waals surface area contributed by atoms with Crippen molar-refractivity contribution in [3.05, 3.63) is 36.1 Å². The van der Waals surface area contributed by atoms with E-state index in [1.165, 1.54) is 13.2 Å². The highest BCUT2D eigenvalue weighted by Gasteiger charge is 2.14. The van der Waals surface area contributed by atoms with E-state index in [2.05, 4.69) is 5.32 Å². The number of benzene rings is 1. The largest absolute Gasteiger partial charge is 0.496 e. The van der Waals surface area contributed by atoms with Gasteiger partial charge in [-0.15, -0.1) is 0 Å². The first-order valence-corrected chi connectivity index (χ1v) is 6.36. The normalized spacial score (nSPS) is 10.2. The molecule has 0 aliphatic rings. The number of ether oxygens (including phenoxy) is 1. The Morgan fingerprint density at radius 3 is 2.62 bits per heavy atom. The van der Waals surface area contributed by atoms with Crippen molar-refractivity contribution in [3.63, 3.8) is 0 Å². The molecule has 2 N–H and O–H groups in total. The molecule has 2 rings (SSSR count). The molecular weight excluding hydrogens is 274 g/mol. The van der Waals surface area contributed by atoms with Gasteiger partial charge in [0.1, 0.15) is 11.5 Å². The van der Waals surface area contributed by atoms with Gasteiger partial charge in [-0.2, -0.15) is 0 Å². The predicted octanol–water partition coefficient (Wildman–Crippen LogP) is 3.00. The van der Waals surface area contributed by atoms with Gasteiger partial charge in [-0.05, 0) is 24.3 Å². The van der Waals surface area contributed by atoms with Gasteiger partial charge in [0, 0.05) is 18.2 Å². The number of nitrogens with one attached hydrogen (secondary N) is 1. The van der Waals surface area contributed by atoms with Crippen LogP contribution in [0.15, 0.2) is 34.7 Å². The van der Waals surface area contributed by atoms with Crippen LogP contribution in [0.2, 0.25) is 0 Å². The van der Waals surface area contributed by atoms with Crippen LogP contribution < -0.4 is 10.1 Å². The highest BCUT2D eigenvalue weighted by molar-refractivity contribution is 5.91. The Bertz CT molecular complexity index is 674. The van der Waals surface area contributed by atoms with E-state index in [1.807, 2.05) is 0 Å². The topological polar surface area (TPSA) is 88.8 Å². The maximum atomic E-state index is 11.4. The molecule has 0 atom stereocenters. The maximum Gasteiger partial charge on any atom is 0.371 e. The maximum absolute atomic E-state index is 11.4. The first-order valence-electron chi connectivity index (χ1n) is 6.36. The monoisotopic (exact) mass is 289 g/mol. The Labute approximate surface area is 121 Å². The van der Waals surface area contributed by atoms with Gasteiger partial charge in [0.05, 0.1) is 12.7 Å². The van der Waals surface area contributed by atoms with Crippen LogP contribution >= 0.6 is 0 Å². The molecule has 1 aromatic heterocycles. The number of aromatic carboxylic acids is 1. The summed E-state index contributed by atoms with van der Waals surface area (Å²) >= 11 is 0. The van der Waals surface area contributed by atoms with Crippen molar-refractivity contribution < 1.29 is 23.8 Å². The molecule has 0 bridgehead atoms. The second-order valence-corrected chi connectivity index (χ2v) is 4.29. The van der Waals surface area contributed by atoms with Crippen LogP contribution in [0.5, 0.6) is 5.75 Å². The van der Waals surface area contributed by atoms with Gasteiger partial charge < -0.3 is 19.6 Å². The van der Waals surface area contributed by atoms with Gasteiger partial charge in [-0.25, -0.2) is 4.79 Å². The number of furan rings is 1. The summed E-state index contributed by atoms with van der Waals surface area (Å²) in [4.78, 5) is 22.2. The minimum atomic E-state index is -1.13. The van der Waals surface area contributed by atoms with Crippen LogP contribution in [0, 0.1) is 0 Å². The fraction of sp³-hybridized carbons (Fsp3) is 0.200. The zero-order valence-electron chi connectivity index (χ0n) is 11.7. The van der Waals surface area contributed by atoms with E-state index in [-0.39, 0.29) is 11.7 Å². The zero-order chi connectivity index (χ0) is 15.4. The number of amides is 1. The quantitative estimate of drug-likeness (QED) is 0.883. The summed E-state index contributed by atoms with van der Waals surface area (Å²) in [7, 11) is 1.49. The summed E-state index contributed by atoms with van der Waals surface area (Å²) in [6.45, 7) is 1.76. The van der Waals surface area contributed by atoms with Gasteiger partial charge in [0.25, 0.3) is 0 Å². The minimum absolute atomic E-state index is 0.101. The van der Waals surface area contributed by atoms with Gasteiger partial charge in [0.15, 0.2) is 0 Å². The number of rotatable bonds is 5. The van der Waals surface area contributed by atoms with Gasteiger partial charge in [-0.1, -0.05) is 6.92 Å². The van der Waals surface area contributed by atoms with E-state index in [0.717, 1.165) is 0 Å². The van der Waals surface area contributed by atoms with Crippen LogP contribution in [0.25, 0.3) is 11.3 Å². The summed E-state index contributed by atoms with van der Waals surface area (Å²) in [5, 5.41) is 11.6. The first-order chi connectivity index (χ1) is 10.0. The number of carbonyl (C=O) groups is 2. The van der Waals surface area contributed by atoms with E-state index >= 15 is 0 Å². The van der Waals surface area contributed by atoms with Crippen molar-refractivity contribution >= 4 is 17.6 Å². The lowest BCUT2D eigenvalue weighted by molar-refractivity contribution is -0.115. The SMILES string of the molecule is CCC(=O)Nc1ccc(-c2ccc(C(=O)O)o2)c(OC)c1. The molecule has 21 heavy (non-hydrogen) atoms. The molecule has 0 unspecified atom stereocenters. The Kier molecular flexibility index (Phi) is 4.27. The predicted molar refractivity (Wildman–Crippen MR) is 76.6 cm³/mol. The lowest BCUT2D eigenvalue weighted by Gasteiger charge is -2.09. The number of hydrogen-bond acceptors (Lipinski definition) is 4. The molecule has 0 radical (unpaired) electrons. The van der Waals surface area contributed by atoms with E-state index < -0.39 is 5.97 Å². The molecule has 0 saturated heterocycles. The molecular formula is C15H15NO5. The number of hydrogen-bond donors (Lipinski definition) is 2. The second kappa shape index (κ2) is 6.13. The second-order valence-electron chi connectivity index (χ2n) is 4.29. The fourth-order valence-electron chi connectivity index (χ4n) is 1.82. The highest BCUT2D eigenvalue weighted by atomic mass is 16.5. The molecule has 0 aliphatic heterocycles. The number of carboxylic acids is 1. The van der Waals surface area contributed by atoms with Crippen molar-refractivity contribution in [2.24, 2.45) is 0 Å². The number of methoxy groups -OCH3 is 1. The van der Waals surface area contributed by atoms with Crippen LogP contribution in [0.3, 0.4) is 0 Å². The van der Waals surface area contributed by atoms with Gasteiger partial charge >= 0.3 is 5.97 Å². The molecule has 110 valence electrons. The molecule has 1 amide bonds. The lowest BCUT2D eigenvalue weighted by Crippen LogP contribution is -2.09. The summed E-state index contributed by atoms with van der Waals surface area (Å²) in [5.74, 6) is -0.508. The van der Waals surface area contributed by atoms with Crippen molar-refractivity contribution in [3.8, 4) is 17.1 Å². The average molecular weight is 289 g/mol. The lowest BCUT2D eigenvalue weighted by atomic mass is 10.1. The van der Waals surface area contributed by atoms with E-state index in [0.29, 0.717) is 29.2 Å². The number of carbonyl (C=O) groups excluding carboxylic acids is 1. The van der Waals surface area contributed by atoms with Crippen LogP contribution in [0.4, 0.5) is 5.69 Å². The Balaban J connectivity index is 2.35. The Morgan fingerprint density at radius 1 is 1.29 bits per heavy atom. The molecule has 6 heteroatoms. The molecule has 0 saturated carbocycles.